The Hall–Kier alpha value is -2.32. The molecule has 2 aromatic carbocycles. The summed E-state index contributed by atoms with van der Waals surface area (Å²) in [7, 11) is 0. The molecule has 0 radical (unpaired) electrons. The third kappa shape index (κ3) is 3.54. The topological polar surface area (TPSA) is 8.17 Å². The summed E-state index contributed by atoms with van der Waals surface area (Å²) < 4.78 is 2.46. The van der Waals surface area contributed by atoms with Gasteiger partial charge in [-0.15, -0.1) is 0 Å². The lowest BCUT2D eigenvalue weighted by Gasteiger charge is -2.32. The molecule has 1 aliphatic rings. The van der Waals surface area contributed by atoms with Gasteiger partial charge in [0.2, 0.25) is 0 Å². The summed E-state index contributed by atoms with van der Waals surface area (Å²) in [5.41, 5.74) is 11.2. The lowest BCUT2D eigenvalue weighted by molar-refractivity contribution is 0.219. The highest BCUT2D eigenvalue weighted by Crippen LogP contribution is 2.36. The lowest BCUT2D eigenvalue weighted by atomic mass is 9.92. The molecule has 1 atom stereocenters. The minimum Gasteiger partial charge on any atom is -0.350 e. The second-order valence-electron chi connectivity index (χ2n) is 8.58. The molecule has 0 bridgehead atoms. The first-order chi connectivity index (χ1) is 13.4. The van der Waals surface area contributed by atoms with Gasteiger partial charge in [-0.25, -0.2) is 0 Å². The fourth-order valence-corrected chi connectivity index (χ4v) is 4.69. The molecule has 2 heterocycles. The van der Waals surface area contributed by atoms with Crippen molar-refractivity contribution in [3.05, 3.63) is 93.3 Å². The van der Waals surface area contributed by atoms with Crippen LogP contribution in [0.5, 0.6) is 0 Å². The van der Waals surface area contributed by atoms with E-state index >= 15 is 0 Å². The van der Waals surface area contributed by atoms with Crippen molar-refractivity contribution < 1.29 is 0 Å². The molecule has 0 fully saturated rings. The number of hydrogen-bond donors (Lipinski definition) is 0. The minimum absolute atomic E-state index is 0.303. The van der Waals surface area contributed by atoms with Gasteiger partial charge in [0, 0.05) is 31.5 Å². The van der Waals surface area contributed by atoms with Gasteiger partial charge >= 0.3 is 0 Å². The number of hydrogen-bond acceptors (Lipinski definition) is 1. The summed E-state index contributed by atoms with van der Waals surface area (Å²) in [5.74, 6) is 0. The zero-order chi connectivity index (χ0) is 19.8. The van der Waals surface area contributed by atoms with E-state index in [1.54, 1.807) is 0 Å². The van der Waals surface area contributed by atoms with Crippen LogP contribution in [0.2, 0.25) is 0 Å². The van der Waals surface area contributed by atoms with Crippen molar-refractivity contribution in [3.63, 3.8) is 0 Å². The standard InChI is InChI=1S/C26H32N2/c1-18-9-10-23(21(4)14-18)17-28-13-7-12-27-11-6-8-25(27)26(28)24-16-20(3)19(2)15-22(24)5/h6,8-11,14-16,26H,7,12-13,17H2,1-5H3. The molecule has 0 saturated carbocycles. The van der Waals surface area contributed by atoms with Gasteiger partial charge in [0.15, 0.2) is 0 Å². The number of aromatic nitrogens is 1. The maximum atomic E-state index is 2.69. The average molecular weight is 373 g/mol. The summed E-state index contributed by atoms with van der Waals surface area (Å²) in [6, 6.07) is 16.5. The molecule has 1 unspecified atom stereocenters. The lowest BCUT2D eigenvalue weighted by Crippen LogP contribution is -2.30. The van der Waals surface area contributed by atoms with Crippen LogP contribution in [0, 0.1) is 34.6 Å². The Kier molecular flexibility index (Phi) is 5.16. The zero-order valence-corrected chi connectivity index (χ0v) is 17.9. The van der Waals surface area contributed by atoms with Crippen LogP contribution in [0.4, 0.5) is 0 Å². The molecule has 0 aliphatic carbocycles. The largest absolute Gasteiger partial charge is 0.350 e. The highest BCUT2D eigenvalue weighted by atomic mass is 15.2. The Balaban J connectivity index is 1.81. The molecule has 0 spiro atoms. The van der Waals surface area contributed by atoms with Gasteiger partial charge in [-0.3, -0.25) is 4.90 Å². The molecule has 28 heavy (non-hydrogen) atoms. The van der Waals surface area contributed by atoms with E-state index in [2.05, 4.69) is 92.7 Å². The Morgan fingerprint density at radius 2 is 1.61 bits per heavy atom. The van der Waals surface area contributed by atoms with Crippen LogP contribution < -0.4 is 0 Å². The molecule has 1 aliphatic heterocycles. The first kappa shape index (κ1) is 19.0. The maximum Gasteiger partial charge on any atom is 0.0761 e. The normalized spacial score (nSPS) is 17.4. The summed E-state index contributed by atoms with van der Waals surface area (Å²) in [5, 5.41) is 0. The van der Waals surface area contributed by atoms with Crippen LogP contribution in [-0.2, 0) is 13.1 Å². The van der Waals surface area contributed by atoms with Gasteiger partial charge < -0.3 is 4.57 Å². The summed E-state index contributed by atoms with van der Waals surface area (Å²) in [4.78, 5) is 2.69. The average Bonchev–Trinajstić information content (AvgIpc) is 3.03. The Morgan fingerprint density at radius 1 is 0.821 bits per heavy atom. The zero-order valence-electron chi connectivity index (χ0n) is 17.9. The first-order valence-corrected chi connectivity index (χ1v) is 10.5. The Morgan fingerprint density at radius 3 is 2.39 bits per heavy atom. The molecule has 0 saturated heterocycles. The quantitative estimate of drug-likeness (QED) is 0.545. The van der Waals surface area contributed by atoms with Gasteiger partial charge in [0.1, 0.15) is 0 Å². The molecule has 146 valence electrons. The van der Waals surface area contributed by atoms with Crippen LogP contribution in [0.3, 0.4) is 0 Å². The summed E-state index contributed by atoms with van der Waals surface area (Å²) in [6.07, 6.45) is 3.44. The Bertz CT molecular complexity index is 996. The predicted octanol–water partition coefficient (Wildman–Crippen LogP) is 6.03. The van der Waals surface area contributed by atoms with Crippen LogP contribution in [0.1, 0.15) is 57.1 Å². The molecule has 0 amide bonds. The molecular formula is C26H32N2. The van der Waals surface area contributed by atoms with E-state index in [4.69, 9.17) is 0 Å². The molecule has 1 aromatic heterocycles. The SMILES string of the molecule is Cc1ccc(CN2CCCn3cccc3C2c2cc(C)c(C)cc2C)c(C)c1. The van der Waals surface area contributed by atoms with Crippen molar-refractivity contribution in [1.29, 1.82) is 0 Å². The molecule has 2 nitrogen and oxygen atoms in total. The maximum absolute atomic E-state index is 2.69. The van der Waals surface area contributed by atoms with E-state index < -0.39 is 0 Å². The fraction of sp³-hybridized carbons (Fsp3) is 0.385. The number of fused-ring (bicyclic) bond motifs is 1. The third-order valence-electron chi connectivity index (χ3n) is 6.40. The highest BCUT2D eigenvalue weighted by Gasteiger charge is 2.29. The van der Waals surface area contributed by atoms with E-state index in [0.717, 1.165) is 19.6 Å². The monoisotopic (exact) mass is 372 g/mol. The number of benzene rings is 2. The van der Waals surface area contributed by atoms with Gasteiger partial charge in [0.05, 0.1) is 6.04 Å². The van der Waals surface area contributed by atoms with E-state index in [1.807, 2.05) is 0 Å². The second kappa shape index (κ2) is 7.60. The molecule has 3 aromatic rings. The van der Waals surface area contributed by atoms with Gasteiger partial charge in [0.25, 0.3) is 0 Å². The summed E-state index contributed by atoms with van der Waals surface area (Å²) >= 11 is 0. The Labute approximate surface area is 169 Å². The van der Waals surface area contributed by atoms with Gasteiger partial charge in [-0.05, 0) is 86.6 Å². The number of nitrogens with zero attached hydrogens (tertiary/aromatic N) is 2. The van der Waals surface area contributed by atoms with Crippen molar-refractivity contribution in [2.45, 2.75) is 60.2 Å². The van der Waals surface area contributed by atoms with E-state index in [-0.39, 0.29) is 0 Å². The molecule has 4 rings (SSSR count). The molecule has 0 N–H and O–H groups in total. The van der Waals surface area contributed by atoms with E-state index in [1.165, 1.54) is 51.1 Å². The van der Waals surface area contributed by atoms with Crippen molar-refractivity contribution in [2.75, 3.05) is 6.54 Å². The minimum atomic E-state index is 0.303. The number of aryl methyl sites for hydroxylation is 6. The van der Waals surface area contributed by atoms with Gasteiger partial charge in [-0.1, -0.05) is 35.9 Å². The highest BCUT2D eigenvalue weighted by molar-refractivity contribution is 5.42. The third-order valence-corrected chi connectivity index (χ3v) is 6.40. The smallest absolute Gasteiger partial charge is 0.0761 e. The molecule has 2 heteroatoms. The molecular weight excluding hydrogens is 340 g/mol. The van der Waals surface area contributed by atoms with Gasteiger partial charge in [-0.2, -0.15) is 0 Å². The van der Waals surface area contributed by atoms with Crippen molar-refractivity contribution in [3.8, 4) is 0 Å². The van der Waals surface area contributed by atoms with E-state index in [9.17, 15) is 0 Å². The van der Waals surface area contributed by atoms with Crippen LogP contribution in [0.25, 0.3) is 0 Å². The van der Waals surface area contributed by atoms with Crippen molar-refractivity contribution in [2.24, 2.45) is 0 Å². The van der Waals surface area contributed by atoms with Crippen LogP contribution in [-0.4, -0.2) is 16.0 Å². The second-order valence-corrected chi connectivity index (χ2v) is 8.58. The van der Waals surface area contributed by atoms with Crippen LogP contribution >= 0.6 is 0 Å². The van der Waals surface area contributed by atoms with E-state index in [0.29, 0.717) is 6.04 Å². The van der Waals surface area contributed by atoms with Crippen molar-refractivity contribution >= 4 is 0 Å². The fourth-order valence-electron chi connectivity index (χ4n) is 4.69. The van der Waals surface area contributed by atoms with Crippen LogP contribution in [0.15, 0.2) is 48.7 Å². The predicted molar refractivity (Wildman–Crippen MR) is 118 cm³/mol. The number of rotatable bonds is 3. The first-order valence-electron chi connectivity index (χ1n) is 10.5. The summed E-state index contributed by atoms with van der Waals surface area (Å²) in [6.45, 7) is 14.4. The van der Waals surface area contributed by atoms with Crippen molar-refractivity contribution in [1.82, 2.24) is 9.47 Å².